The van der Waals surface area contributed by atoms with Crippen LogP contribution in [0.2, 0.25) is 0 Å². The highest BCUT2D eigenvalue weighted by Crippen LogP contribution is 2.49. The Labute approximate surface area is 143 Å². The third-order valence-electron chi connectivity index (χ3n) is 6.14. The van der Waals surface area contributed by atoms with Gasteiger partial charge in [-0.15, -0.1) is 0 Å². The second-order valence-corrected chi connectivity index (χ2v) is 7.76. The number of nitrogens with zero attached hydrogens (tertiary/aromatic N) is 1. The van der Waals surface area contributed by atoms with Crippen LogP contribution in [0, 0.1) is 24.1 Å². The van der Waals surface area contributed by atoms with Gasteiger partial charge < -0.3 is 10.0 Å². The number of hydrogen-bond acceptors (Lipinski definition) is 2. The van der Waals surface area contributed by atoms with E-state index >= 15 is 0 Å². The summed E-state index contributed by atoms with van der Waals surface area (Å²) >= 11 is 0. The molecule has 24 heavy (non-hydrogen) atoms. The number of amides is 1. The van der Waals surface area contributed by atoms with Crippen LogP contribution in [0.1, 0.15) is 56.1 Å². The van der Waals surface area contributed by atoms with Crippen molar-refractivity contribution in [3.8, 4) is 0 Å². The average Bonchev–Trinajstić information content (AvgIpc) is 2.54. The van der Waals surface area contributed by atoms with Gasteiger partial charge in [0.05, 0.1) is 12.5 Å². The molecule has 1 saturated carbocycles. The summed E-state index contributed by atoms with van der Waals surface area (Å²) in [5.74, 6) is 0.232. The van der Waals surface area contributed by atoms with E-state index in [2.05, 4.69) is 0 Å². The minimum atomic E-state index is -0.236. The van der Waals surface area contributed by atoms with Gasteiger partial charge >= 0.3 is 0 Å². The van der Waals surface area contributed by atoms with E-state index in [0.29, 0.717) is 12.3 Å². The van der Waals surface area contributed by atoms with Gasteiger partial charge in [-0.25, -0.2) is 4.39 Å². The normalized spacial score (nSPS) is 21.6. The number of likely N-dealkylation sites (tertiary alicyclic amines) is 1. The molecule has 0 unspecified atom stereocenters. The number of benzene rings is 1. The molecule has 0 bridgehead atoms. The minimum Gasteiger partial charge on any atom is -0.396 e. The van der Waals surface area contributed by atoms with Crippen LogP contribution in [0.4, 0.5) is 4.39 Å². The molecule has 0 radical (unpaired) electrons. The Bertz CT molecular complexity index is 596. The maximum atomic E-state index is 13.3. The van der Waals surface area contributed by atoms with E-state index in [1.54, 1.807) is 12.1 Å². The van der Waals surface area contributed by atoms with Crippen molar-refractivity contribution in [2.45, 2.75) is 51.9 Å². The van der Waals surface area contributed by atoms with Crippen molar-refractivity contribution in [1.82, 2.24) is 4.90 Å². The highest BCUT2D eigenvalue weighted by Gasteiger charge is 2.47. The summed E-state index contributed by atoms with van der Waals surface area (Å²) in [7, 11) is 0. The standard InChI is InChI=1S/C20H28FNO2/c1-3-15(11-23)19(24)22-12-20(13-22)8-6-16(7-9-20)18-5-4-17(21)10-14(18)2/h4-5,10,15-16,23H,3,6-9,11-13H2,1-2H3/t15-/m1/s1. The summed E-state index contributed by atoms with van der Waals surface area (Å²) < 4.78 is 13.3. The first-order chi connectivity index (χ1) is 11.5. The molecule has 2 fully saturated rings. The number of aliphatic hydroxyl groups is 1. The Morgan fingerprint density at radius 3 is 2.58 bits per heavy atom. The largest absolute Gasteiger partial charge is 0.396 e. The zero-order valence-corrected chi connectivity index (χ0v) is 14.7. The van der Waals surface area contributed by atoms with Crippen LogP contribution in [-0.2, 0) is 4.79 Å². The second kappa shape index (κ2) is 6.83. The molecule has 1 amide bonds. The van der Waals surface area contributed by atoms with Gasteiger partial charge in [-0.1, -0.05) is 13.0 Å². The predicted octanol–water partition coefficient (Wildman–Crippen LogP) is 3.64. The molecular weight excluding hydrogens is 305 g/mol. The highest BCUT2D eigenvalue weighted by atomic mass is 19.1. The van der Waals surface area contributed by atoms with Crippen molar-refractivity contribution in [2.75, 3.05) is 19.7 Å². The number of aryl methyl sites for hydroxylation is 1. The van der Waals surface area contributed by atoms with Crippen LogP contribution in [0.25, 0.3) is 0 Å². The van der Waals surface area contributed by atoms with Crippen LogP contribution in [-0.4, -0.2) is 35.6 Å². The average molecular weight is 333 g/mol. The van der Waals surface area contributed by atoms with Crippen LogP contribution >= 0.6 is 0 Å². The third-order valence-corrected chi connectivity index (χ3v) is 6.14. The lowest BCUT2D eigenvalue weighted by Gasteiger charge is -2.54. The van der Waals surface area contributed by atoms with Gasteiger partial charge in [0.2, 0.25) is 5.91 Å². The van der Waals surface area contributed by atoms with Crippen LogP contribution in [0.5, 0.6) is 0 Å². The fourth-order valence-corrected chi connectivity index (χ4v) is 4.51. The summed E-state index contributed by atoms with van der Waals surface area (Å²) in [6.45, 7) is 5.58. The first-order valence-corrected chi connectivity index (χ1v) is 9.14. The zero-order chi connectivity index (χ0) is 17.3. The highest BCUT2D eigenvalue weighted by molar-refractivity contribution is 5.80. The van der Waals surface area contributed by atoms with Gasteiger partial charge in [0, 0.05) is 18.5 Å². The monoisotopic (exact) mass is 333 g/mol. The van der Waals surface area contributed by atoms with Gasteiger partial charge in [-0.3, -0.25) is 4.79 Å². The van der Waals surface area contributed by atoms with Crippen molar-refractivity contribution >= 4 is 5.91 Å². The van der Waals surface area contributed by atoms with Crippen LogP contribution in [0.15, 0.2) is 18.2 Å². The van der Waals surface area contributed by atoms with Crippen molar-refractivity contribution < 1.29 is 14.3 Å². The van der Waals surface area contributed by atoms with E-state index in [0.717, 1.165) is 44.3 Å². The summed E-state index contributed by atoms with van der Waals surface area (Å²) in [4.78, 5) is 14.2. The maximum Gasteiger partial charge on any atom is 0.228 e. The van der Waals surface area contributed by atoms with E-state index in [4.69, 9.17) is 0 Å². The zero-order valence-electron chi connectivity index (χ0n) is 14.7. The lowest BCUT2D eigenvalue weighted by atomic mass is 9.64. The topological polar surface area (TPSA) is 40.5 Å². The molecular formula is C20H28FNO2. The molecule has 1 aromatic carbocycles. The summed E-state index contributed by atoms with van der Waals surface area (Å²) in [5.41, 5.74) is 2.62. The van der Waals surface area contributed by atoms with E-state index in [9.17, 15) is 14.3 Å². The Morgan fingerprint density at radius 2 is 2.04 bits per heavy atom. The molecule has 0 aromatic heterocycles. The number of aliphatic hydroxyl groups excluding tert-OH is 1. The van der Waals surface area contributed by atoms with Crippen LogP contribution < -0.4 is 0 Å². The number of halogens is 1. The van der Waals surface area contributed by atoms with Gasteiger partial charge in [-0.05, 0) is 68.2 Å². The lowest BCUT2D eigenvalue weighted by Crippen LogP contribution is -2.60. The van der Waals surface area contributed by atoms with E-state index < -0.39 is 0 Å². The van der Waals surface area contributed by atoms with E-state index in [-0.39, 0.29) is 29.7 Å². The van der Waals surface area contributed by atoms with Crippen molar-refractivity contribution in [1.29, 1.82) is 0 Å². The molecule has 1 spiro atoms. The quantitative estimate of drug-likeness (QED) is 0.914. The van der Waals surface area contributed by atoms with Crippen molar-refractivity contribution in [3.63, 3.8) is 0 Å². The van der Waals surface area contributed by atoms with Gasteiger partial charge in [0.1, 0.15) is 5.82 Å². The molecule has 2 aliphatic rings. The Kier molecular flexibility index (Phi) is 4.95. The predicted molar refractivity (Wildman–Crippen MR) is 92.2 cm³/mol. The number of carbonyl (C=O) groups excluding carboxylic acids is 1. The van der Waals surface area contributed by atoms with Gasteiger partial charge in [-0.2, -0.15) is 0 Å². The number of rotatable bonds is 4. The SMILES string of the molecule is CC[C@H](CO)C(=O)N1CC2(CCC(c3ccc(F)cc3C)CC2)C1. The maximum absolute atomic E-state index is 13.3. The minimum absolute atomic E-state index is 0.0508. The lowest BCUT2D eigenvalue weighted by molar-refractivity contribution is -0.151. The first kappa shape index (κ1) is 17.4. The van der Waals surface area contributed by atoms with Crippen molar-refractivity contribution in [2.24, 2.45) is 11.3 Å². The molecule has 132 valence electrons. The molecule has 1 heterocycles. The van der Waals surface area contributed by atoms with E-state index in [1.807, 2.05) is 24.8 Å². The molecule has 3 nitrogen and oxygen atoms in total. The first-order valence-electron chi connectivity index (χ1n) is 9.14. The number of hydrogen-bond donors (Lipinski definition) is 1. The Hall–Kier alpha value is -1.42. The molecule has 1 atom stereocenters. The molecule has 1 aliphatic carbocycles. The van der Waals surface area contributed by atoms with Gasteiger partial charge in [0.25, 0.3) is 0 Å². The molecule has 1 saturated heterocycles. The summed E-state index contributed by atoms with van der Waals surface area (Å²) in [6, 6.07) is 5.14. The van der Waals surface area contributed by atoms with Crippen LogP contribution in [0.3, 0.4) is 0 Å². The summed E-state index contributed by atoms with van der Waals surface area (Å²) in [5, 5.41) is 9.30. The second-order valence-electron chi connectivity index (χ2n) is 7.76. The molecule has 1 aromatic rings. The third kappa shape index (κ3) is 3.21. The molecule has 4 heteroatoms. The molecule has 1 aliphatic heterocycles. The molecule has 1 N–H and O–H groups in total. The fraction of sp³-hybridized carbons (Fsp3) is 0.650. The smallest absolute Gasteiger partial charge is 0.228 e. The molecule has 3 rings (SSSR count). The summed E-state index contributed by atoms with van der Waals surface area (Å²) in [6.07, 6.45) is 5.20. The fourth-order valence-electron chi connectivity index (χ4n) is 4.51. The Balaban J connectivity index is 1.56. The number of carbonyl (C=O) groups is 1. The van der Waals surface area contributed by atoms with E-state index in [1.165, 1.54) is 5.56 Å². The van der Waals surface area contributed by atoms with Gasteiger partial charge in [0.15, 0.2) is 0 Å². The Morgan fingerprint density at radius 1 is 1.38 bits per heavy atom. The van der Waals surface area contributed by atoms with Crippen molar-refractivity contribution in [3.05, 3.63) is 35.1 Å².